The number of fused-ring (bicyclic) bond motifs is 3. The lowest BCUT2D eigenvalue weighted by atomic mass is 10.2. The Hall–Kier alpha value is -1.88. The van der Waals surface area contributed by atoms with Crippen molar-refractivity contribution in [3.05, 3.63) is 48.5 Å². The fourth-order valence-electron chi connectivity index (χ4n) is 4.20. The zero-order valence-electron chi connectivity index (χ0n) is 14.9. The number of hydrogen-bond donors (Lipinski definition) is 1. The summed E-state index contributed by atoms with van der Waals surface area (Å²) >= 11 is 0. The molecule has 1 aliphatic rings. The highest BCUT2D eigenvalue weighted by molar-refractivity contribution is 6.07. The highest BCUT2D eigenvalue weighted by Gasteiger charge is 2.24. The van der Waals surface area contributed by atoms with Crippen LogP contribution in [0.2, 0.25) is 0 Å². The normalized spacial score (nSPS) is 23.3. The predicted molar refractivity (Wildman–Crippen MR) is 102 cm³/mol. The Kier molecular flexibility index (Phi) is 4.50. The Morgan fingerprint density at radius 2 is 1.44 bits per heavy atom. The van der Waals surface area contributed by atoms with Gasteiger partial charge in [-0.15, -0.1) is 0 Å². The summed E-state index contributed by atoms with van der Waals surface area (Å²) < 4.78 is 8.04. The SMILES string of the molecule is C[C@H]1CN(C[C@H](O)Cn2c3ccccc3c3ccccc32)C[C@H](C)O1. The molecule has 1 aromatic heterocycles. The average molecular weight is 338 g/mol. The maximum Gasteiger partial charge on any atom is 0.0846 e. The van der Waals surface area contributed by atoms with Gasteiger partial charge in [0.15, 0.2) is 0 Å². The molecule has 25 heavy (non-hydrogen) atoms. The first kappa shape index (κ1) is 16.6. The van der Waals surface area contributed by atoms with E-state index in [0.29, 0.717) is 13.1 Å². The van der Waals surface area contributed by atoms with Gasteiger partial charge in [-0.2, -0.15) is 0 Å². The average Bonchev–Trinajstić information content (AvgIpc) is 2.89. The molecule has 0 aliphatic carbocycles. The topological polar surface area (TPSA) is 37.6 Å². The summed E-state index contributed by atoms with van der Waals surface area (Å²) in [6.07, 6.45) is 0.0464. The van der Waals surface area contributed by atoms with Crippen LogP contribution in [0.5, 0.6) is 0 Å². The molecule has 4 nitrogen and oxygen atoms in total. The molecule has 1 fully saturated rings. The van der Waals surface area contributed by atoms with Gasteiger partial charge in [0.1, 0.15) is 0 Å². The van der Waals surface area contributed by atoms with E-state index in [-0.39, 0.29) is 12.2 Å². The molecule has 0 radical (unpaired) electrons. The molecule has 4 heteroatoms. The molecule has 4 rings (SSSR count). The summed E-state index contributed by atoms with van der Waals surface area (Å²) in [6.45, 7) is 7.25. The maximum absolute atomic E-state index is 10.8. The zero-order chi connectivity index (χ0) is 17.4. The van der Waals surface area contributed by atoms with Crippen molar-refractivity contribution in [3.63, 3.8) is 0 Å². The van der Waals surface area contributed by atoms with E-state index in [1.165, 1.54) is 21.8 Å². The summed E-state index contributed by atoms with van der Waals surface area (Å²) in [5.41, 5.74) is 2.37. The van der Waals surface area contributed by atoms with E-state index in [2.05, 4.69) is 71.8 Å². The minimum atomic E-state index is -0.406. The van der Waals surface area contributed by atoms with E-state index in [0.717, 1.165) is 13.1 Å². The number of aliphatic hydroxyl groups excluding tert-OH is 1. The highest BCUT2D eigenvalue weighted by atomic mass is 16.5. The highest BCUT2D eigenvalue weighted by Crippen LogP contribution is 2.29. The number of para-hydroxylation sites is 2. The quantitative estimate of drug-likeness (QED) is 0.793. The Bertz CT molecular complexity index is 809. The Balaban J connectivity index is 1.59. The van der Waals surface area contributed by atoms with Crippen LogP contribution in [-0.4, -0.2) is 52.5 Å². The third-order valence-corrected chi connectivity index (χ3v) is 5.04. The van der Waals surface area contributed by atoms with Crippen molar-refractivity contribution in [2.24, 2.45) is 0 Å². The summed E-state index contributed by atoms with van der Waals surface area (Å²) in [4.78, 5) is 2.32. The Morgan fingerprint density at radius 1 is 0.920 bits per heavy atom. The number of benzene rings is 2. The lowest BCUT2D eigenvalue weighted by Gasteiger charge is -2.36. The molecule has 3 atom stereocenters. The largest absolute Gasteiger partial charge is 0.390 e. The van der Waals surface area contributed by atoms with Gasteiger partial charge in [-0.3, -0.25) is 4.90 Å². The van der Waals surface area contributed by atoms with E-state index in [1.54, 1.807) is 0 Å². The molecular formula is C21H26N2O2. The first-order valence-electron chi connectivity index (χ1n) is 9.13. The summed E-state index contributed by atoms with van der Waals surface area (Å²) in [7, 11) is 0. The number of morpholine rings is 1. The van der Waals surface area contributed by atoms with Crippen LogP contribution in [0, 0.1) is 0 Å². The Labute approximate surface area is 148 Å². The summed E-state index contributed by atoms with van der Waals surface area (Å²) in [6, 6.07) is 16.9. The molecule has 1 aliphatic heterocycles. The van der Waals surface area contributed by atoms with Crippen molar-refractivity contribution in [2.75, 3.05) is 19.6 Å². The van der Waals surface area contributed by atoms with Crippen LogP contribution in [0.3, 0.4) is 0 Å². The number of β-amino-alcohol motifs (C(OH)–C–C–N with tert-alkyl or cyclic N) is 1. The van der Waals surface area contributed by atoms with Crippen molar-refractivity contribution < 1.29 is 9.84 Å². The van der Waals surface area contributed by atoms with Crippen molar-refractivity contribution in [2.45, 2.75) is 38.7 Å². The molecule has 0 bridgehead atoms. The molecule has 0 unspecified atom stereocenters. The third kappa shape index (κ3) is 3.30. The van der Waals surface area contributed by atoms with Crippen LogP contribution < -0.4 is 0 Å². The number of nitrogens with zero attached hydrogens (tertiary/aromatic N) is 2. The number of aliphatic hydroxyl groups is 1. The molecule has 132 valence electrons. The molecule has 2 heterocycles. The monoisotopic (exact) mass is 338 g/mol. The molecule has 0 spiro atoms. The van der Waals surface area contributed by atoms with Gasteiger partial charge < -0.3 is 14.4 Å². The van der Waals surface area contributed by atoms with Gasteiger partial charge in [-0.05, 0) is 26.0 Å². The molecule has 0 amide bonds. The van der Waals surface area contributed by atoms with E-state index in [1.807, 2.05) is 0 Å². The third-order valence-electron chi connectivity index (χ3n) is 5.04. The van der Waals surface area contributed by atoms with Crippen molar-refractivity contribution in [3.8, 4) is 0 Å². The first-order chi connectivity index (χ1) is 12.1. The second-order valence-electron chi connectivity index (χ2n) is 7.27. The van der Waals surface area contributed by atoms with Crippen molar-refractivity contribution in [1.82, 2.24) is 9.47 Å². The minimum absolute atomic E-state index is 0.226. The lowest BCUT2D eigenvalue weighted by Crippen LogP contribution is -2.48. The second kappa shape index (κ2) is 6.79. The number of aromatic nitrogens is 1. The second-order valence-corrected chi connectivity index (χ2v) is 7.27. The minimum Gasteiger partial charge on any atom is -0.390 e. The lowest BCUT2D eigenvalue weighted by molar-refractivity contribution is -0.0771. The van der Waals surface area contributed by atoms with Crippen LogP contribution in [0.1, 0.15) is 13.8 Å². The van der Waals surface area contributed by atoms with Gasteiger partial charge in [-0.1, -0.05) is 36.4 Å². The molecule has 1 N–H and O–H groups in total. The van der Waals surface area contributed by atoms with Crippen LogP contribution in [0.15, 0.2) is 48.5 Å². The van der Waals surface area contributed by atoms with Gasteiger partial charge in [-0.25, -0.2) is 0 Å². The fraction of sp³-hybridized carbons (Fsp3) is 0.429. The van der Waals surface area contributed by atoms with E-state index in [4.69, 9.17) is 4.74 Å². The van der Waals surface area contributed by atoms with Crippen LogP contribution >= 0.6 is 0 Å². The van der Waals surface area contributed by atoms with Crippen LogP contribution in [-0.2, 0) is 11.3 Å². The molecule has 3 aromatic rings. The Morgan fingerprint density at radius 3 is 2.00 bits per heavy atom. The zero-order valence-corrected chi connectivity index (χ0v) is 14.9. The van der Waals surface area contributed by atoms with Gasteiger partial charge in [0.2, 0.25) is 0 Å². The van der Waals surface area contributed by atoms with Crippen LogP contribution in [0.25, 0.3) is 21.8 Å². The van der Waals surface area contributed by atoms with Gasteiger partial charge in [0.25, 0.3) is 0 Å². The molecule has 1 saturated heterocycles. The van der Waals surface area contributed by atoms with Gasteiger partial charge >= 0.3 is 0 Å². The molecular weight excluding hydrogens is 312 g/mol. The van der Waals surface area contributed by atoms with E-state index in [9.17, 15) is 5.11 Å². The standard InChI is InChI=1S/C21H26N2O2/c1-15-11-22(12-16(2)25-15)13-17(24)14-23-20-9-5-3-7-18(20)19-8-4-6-10-21(19)23/h3-10,15-17,24H,11-14H2,1-2H3/t15-,16-,17-/m0/s1. The maximum atomic E-state index is 10.8. The molecule has 2 aromatic carbocycles. The summed E-state index contributed by atoms with van der Waals surface area (Å²) in [5, 5.41) is 13.3. The number of hydrogen-bond acceptors (Lipinski definition) is 3. The van der Waals surface area contributed by atoms with E-state index >= 15 is 0 Å². The number of ether oxygens (including phenoxy) is 1. The number of rotatable bonds is 4. The van der Waals surface area contributed by atoms with Crippen LogP contribution in [0.4, 0.5) is 0 Å². The van der Waals surface area contributed by atoms with Crippen molar-refractivity contribution >= 4 is 21.8 Å². The first-order valence-corrected chi connectivity index (χ1v) is 9.13. The fourth-order valence-corrected chi connectivity index (χ4v) is 4.20. The van der Waals surface area contributed by atoms with Gasteiger partial charge in [0.05, 0.1) is 24.9 Å². The van der Waals surface area contributed by atoms with Gasteiger partial charge in [0, 0.05) is 41.4 Å². The molecule has 0 saturated carbocycles. The smallest absolute Gasteiger partial charge is 0.0846 e. The van der Waals surface area contributed by atoms with E-state index < -0.39 is 6.10 Å². The predicted octanol–water partition coefficient (Wildman–Crippen LogP) is 3.26. The van der Waals surface area contributed by atoms with Crippen molar-refractivity contribution in [1.29, 1.82) is 0 Å². The summed E-state index contributed by atoms with van der Waals surface area (Å²) in [5.74, 6) is 0.